The number of benzene rings is 1. The smallest absolute Gasteiger partial charge is 0.263 e. The van der Waals surface area contributed by atoms with Crippen LogP contribution in [0.1, 0.15) is 33.6 Å². The Balaban J connectivity index is 1.55. The molecule has 1 fully saturated rings. The number of nitrogens with zero attached hydrogens (tertiary/aromatic N) is 1. The summed E-state index contributed by atoms with van der Waals surface area (Å²) in [7, 11) is 0. The van der Waals surface area contributed by atoms with E-state index in [0.717, 1.165) is 30.9 Å². The Morgan fingerprint density at radius 2 is 1.90 bits per heavy atom. The SMILES string of the molecule is Nc1cc(N2Cc3ccccc3C2)sc1C(=O)NC1CC1. The van der Waals surface area contributed by atoms with Crippen molar-refractivity contribution >= 4 is 27.9 Å². The molecule has 1 saturated carbocycles. The van der Waals surface area contributed by atoms with Crippen LogP contribution < -0.4 is 16.0 Å². The van der Waals surface area contributed by atoms with Crippen molar-refractivity contribution in [2.45, 2.75) is 32.0 Å². The summed E-state index contributed by atoms with van der Waals surface area (Å²) < 4.78 is 0. The molecule has 0 unspecified atom stereocenters. The first-order chi connectivity index (χ1) is 10.2. The number of rotatable bonds is 3. The topological polar surface area (TPSA) is 58.4 Å². The molecule has 0 saturated heterocycles. The third kappa shape index (κ3) is 2.38. The Morgan fingerprint density at radius 1 is 1.24 bits per heavy atom. The van der Waals surface area contributed by atoms with Gasteiger partial charge in [-0.05, 0) is 30.0 Å². The number of fused-ring (bicyclic) bond motifs is 1. The lowest BCUT2D eigenvalue weighted by Crippen LogP contribution is -2.25. The van der Waals surface area contributed by atoms with Crippen LogP contribution in [0.5, 0.6) is 0 Å². The first-order valence-corrected chi connectivity index (χ1v) is 8.04. The Kier molecular flexibility index (Phi) is 2.89. The van der Waals surface area contributed by atoms with Gasteiger partial charge in [0.2, 0.25) is 0 Å². The summed E-state index contributed by atoms with van der Waals surface area (Å²) in [4.78, 5) is 15.1. The fraction of sp³-hybridized carbons (Fsp3) is 0.312. The molecule has 0 spiro atoms. The minimum absolute atomic E-state index is 0.0250. The van der Waals surface area contributed by atoms with Crippen molar-refractivity contribution in [1.82, 2.24) is 5.32 Å². The summed E-state index contributed by atoms with van der Waals surface area (Å²) >= 11 is 1.49. The molecule has 0 radical (unpaired) electrons. The lowest BCUT2D eigenvalue weighted by Gasteiger charge is -2.14. The van der Waals surface area contributed by atoms with E-state index in [1.807, 2.05) is 6.07 Å². The van der Waals surface area contributed by atoms with Gasteiger partial charge in [0.25, 0.3) is 5.91 Å². The van der Waals surface area contributed by atoms with Gasteiger partial charge in [0.15, 0.2) is 0 Å². The molecular weight excluding hydrogens is 282 g/mol. The average Bonchev–Trinajstić information content (AvgIpc) is 3.03. The summed E-state index contributed by atoms with van der Waals surface area (Å²) in [5.41, 5.74) is 9.33. The number of anilines is 2. The maximum atomic E-state index is 12.2. The second-order valence-electron chi connectivity index (χ2n) is 5.74. The van der Waals surface area contributed by atoms with Crippen LogP contribution in [0, 0.1) is 0 Å². The Bertz CT molecular complexity index is 680. The summed E-state index contributed by atoms with van der Waals surface area (Å²) in [6.45, 7) is 1.78. The van der Waals surface area contributed by atoms with E-state index in [0.29, 0.717) is 16.6 Å². The van der Waals surface area contributed by atoms with Gasteiger partial charge in [0, 0.05) is 19.1 Å². The molecule has 2 heterocycles. The van der Waals surface area contributed by atoms with Crippen molar-refractivity contribution in [3.05, 3.63) is 46.3 Å². The van der Waals surface area contributed by atoms with Gasteiger partial charge in [-0.2, -0.15) is 0 Å². The zero-order chi connectivity index (χ0) is 14.4. The number of carbonyl (C=O) groups excluding carboxylic acids is 1. The number of nitrogens with two attached hydrogens (primary N) is 1. The molecular formula is C16H17N3OS. The van der Waals surface area contributed by atoms with Crippen LogP contribution in [0.3, 0.4) is 0 Å². The zero-order valence-electron chi connectivity index (χ0n) is 11.6. The highest BCUT2D eigenvalue weighted by atomic mass is 32.1. The molecule has 1 amide bonds. The van der Waals surface area contributed by atoms with Crippen molar-refractivity contribution in [2.24, 2.45) is 0 Å². The van der Waals surface area contributed by atoms with E-state index in [-0.39, 0.29) is 5.91 Å². The molecule has 0 atom stereocenters. The number of nitrogens with one attached hydrogen (secondary N) is 1. The minimum Gasteiger partial charge on any atom is -0.397 e. The van der Waals surface area contributed by atoms with Gasteiger partial charge in [0.05, 0.1) is 10.7 Å². The summed E-state index contributed by atoms with van der Waals surface area (Å²) in [5, 5.41) is 4.08. The second-order valence-corrected chi connectivity index (χ2v) is 6.77. The first-order valence-electron chi connectivity index (χ1n) is 7.22. The molecule has 21 heavy (non-hydrogen) atoms. The quantitative estimate of drug-likeness (QED) is 0.916. The molecule has 1 aliphatic carbocycles. The first kappa shape index (κ1) is 12.7. The van der Waals surface area contributed by atoms with E-state index in [4.69, 9.17) is 5.73 Å². The highest BCUT2D eigenvalue weighted by Gasteiger charge is 2.27. The van der Waals surface area contributed by atoms with Gasteiger partial charge in [-0.1, -0.05) is 24.3 Å². The van der Waals surface area contributed by atoms with Crippen LogP contribution in [0.15, 0.2) is 30.3 Å². The third-order valence-electron chi connectivity index (χ3n) is 4.02. The summed E-state index contributed by atoms with van der Waals surface area (Å²) in [5.74, 6) is -0.0250. The van der Waals surface area contributed by atoms with Crippen LogP contribution in [-0.4, -0.2) is 11.9 Å². The molecule has 2 aromatic rings. The van der Waals surface area contributed by atoms with Crippen molar-refractivity contribution in [3.8, 4) is 0 Å². The molecule has 2 aliphatic rings. The number of thiophene rings is 1. The van der Waals surface area contributed by atoms with Crippen molar-refractivity contribution in [3.63, 3.8) is 0 Å². The standard InChI is InChI=1S/C16H17N3OS/c17-13-7-14(21-15(13)16(20)18-12-5-6-12)19-8-10-3-1-2-4-11(10)9-19/h1-4,7,12H,5-6,8-9,17H2,(H,18,20). The van der Waals surface area contributed by atoms with Crippen LogP contribution in [0.25, 0.3) is 0 Å². The largest absolute Gasteiger partial charge is 0.397 e. The lowest BCUT2D eigenvalue weighted by atomic mass is 10.1. The molecule has 3 N–H and O–H groups in total. The van der Waals surface area contributed by atoms with Gasteiger partial charge in [-0.15, -0.1) is 11.3 Å². The van der Waals surface area contributed by atoms with Crippen LogP contribution >= 0.6 is 11.3 Å². The van der Waals surface area contributed by atoms with E-state index in [1.165, 1.54) is 22.5 Å². The van der Waals surface area contributed by atoms with Gasteiger partial charge >= 0.3 is 0 Å². The second kappa shape index (κ2) is 4.77. The fourth-order valence-corrected chi connectivity index (χ4v) is 3.67. The predicted molar refractivity (Wildman–Crippen MR) is 85.5 cm³/mol. The van der Waals surface area contributed by atoms with Gasteiger partial charge in [-0.25, -0.2) is 0 Å². The monoisotopic (exact) mass is 299 g/mol. The molecule has 0 bridgehead atoms. The van der Waals surface area contributed by atoms with E-state index in [9.17, 15) is 4.79 Å². The van der Waals surface area contributed by atoms with Gasteiger partial charge in [-0.3, -0.25) is 4.79 Å². The lowest BCUT2D eigenvalue weighted by molar-refractivity contribution is 0.0956. The Labute approximate surface area is 127 Å². The average molecular weight is 299 g/mol. The van der Waals surface area contributed by atoms with Gasteiger partial charge < -0.3 is 16.0 Å². The van der Waals surface area contributed by atoms with Crippen molar-refractivity contribution in [2.75, 3.05) is 10.6 Å². The normalized spacial score (nSPS) is 16.9. The highest BCUT2D eigenvalue weighted by molar-refractivity contribution is 7.18. The van der Waals surface area contributed by atoms with Crippen LogP contribution in [0.4, 0.5) is 10.7 Å². The minimum atomic E-state index is -0.0250. The molecule has 5 heteroatoms. The maximum absolute atomic E-state index is 12.2. The Hall–Kier alpha value is -2.01. The molecule has 1 aliphatic heterocycles. The molecule has 4 nitrogen and oxygen atoms in total. The molecule has 1 aromatic carbocycles. The number of nitrogen functional groups attached to an aromatic ring is 1. The maximum Gasteiger partial charge on any atom is 0.263 e. The van der Waals surface area contributed by atoms with Crippen LogP contribution in [-0.2, 0) is 13.1 Å². The zero-order valence-corrected chi connectivity index (χ0v) is 12.5. The highest BCUT2D eigenvalue weighted by Crippen LogP contribution is 2.37. The molecule has 108 valence electrons. The third-order valence-corrected chi connectivity index (χ3v) is 5.23. The predicted octanol–water partition coefficient (Wildman–Crippen LogP) is 2.74. The molecule has 1 aromatic heterocycles. The van der Waals surface area contributed by atoms with Crippen molar-refractivity contribution < 1.29 is 4.79 Å². The van der Waals surface area contributed by atoms with E-state index in [2.05, 4.69) is 34.5 Å². The number of hydrogen-bond acceptors (Lipinski definition) is 4. The molecule has 4 rings (SSSR count). The van der Waals surface area contributed by atoms with Crippen molar-refractivity contribution in [1.29, 1.82) is 0 Å². The van der Waals surface area contributed by atoms with Gasteiger partial charge in [0.1, 0.15) is 4.88 Å². The fourth-order valence-electron chi connectivity index (χ4n) is 2.69. The summed E-state index contributed by atoms with van der Waals surface area (Å²) in [6, 6.07) is 10.7. The van der Waals surface area contributed by atoms with E-state index < -0.39 is 0 Å². The summed E-state index contributed by atoms with van der Waals surface area (Å²) in [6.07, 6.45) is 2.18. The Morgan fingerprint density at radius 3 is 2.52 bits per heavy atom. The van der Waals surface area contributed by atoms with E-state index in [1.54, 1.807) is 0 Å². The number of hydrogen-bond donors (Lipinski definition) is 2. The van der Waals surface area contributed by atoms with E-state index >= 15 is 0 Å². The van der Waals surface area contributed by atoms with Crippen LogP contribution in [0.2, 0.25) is 0 Å². The number of amides is 1. The number of carbonyl (C=O) groups is 1.